The molecule has 0 aromatic rings. The van der Waals surface area contributed by atoms with Crippen LogP contribution in [0.15, 0.2) is 0 Å². The summed E-state index contributed by atoms with van der Waals surface area (Å²) in [6.07, 6.45) is 14.2. The van der Waals surface area contributed by atoms with Crippen LogP contribution >= 0.6 is 0 Å². The van der Waals surface area contributed by atoms with Gasteiger partial charge in [0.25, 0.3) is 0 Å². The molecule has 22 heavy (non-hydrogen) atoms. The Kier molecular flexibility index (Phi) is 15.8. The summed E-state index contributed by atoms with van der Waals surface area (Å²) >= 11 is 0. The smallest absolute Gasteiger partial charge is 0.312 e. The van der Waals surface area contributed by atoms with Gasteiger partial charge in [0.15, 0.2) is 0 Å². The third-order valence-electron chi connectivity index (χ3n) is 3.19. The molecule has 0 atom stereocenters. The van der Waals surface area contributed by atoms with Crippen molar-refractivity contribution in [2.24, 2.45) is 0 Å². The van der Waals surface area contributed by atoms with Crippen molar-refractivity contribution in [3.8, 4) is 0 Å². The van der Waals surface area contributed by atoms with E-state index in [1.165, 1.54) is 70.8 Å². The topological polar surface area (TPSA) is 86.6 Å². The highest BCUT2D eigenvalue weighted by Crippen LogP contribution is 2.10. The molecule has 0 amide bonds. The first-order valence-electron chi connectivity index (χ1n) is 8.51. The minimum atomic E-state index is -4.67. The SMILES string of the molecule is CCCCCCCCCCCCNC(C)(C)C.O=S(=O)(O)O. The van der Waals surface area contributed by atoms with Crippen LogP contribution in [0.3, 0.4) is 0 Å². The van der Waals surface area contributed by atoms with Gasteiger partial charge in [0.05, 0.1) is 0 Å². The average molecular weight is 340 g/mol. The fraction of sp³-hybridized carbons (Fsp3) is 1.00. The summed E-state index contributed by atoms with van der Waals surface area (Å²) in [7, 11) is -4.67. The molecule has 0 saturated heterocycles. The van der Waals surface area contributed by atoms with Crippen molar-refractivity contribution in [2.75, 3.05) is 6.54 Å². The van der Waals surface area contributed by atoms with Gasteiger partial charge in [-0.3, -0.25) is 9.11 Å². The third-order valence-corrected chi connectivity index (χ3v) is 3.19. The molecule has 0 fully saturated rings. The fourth-order valence-electron chi connectivity index (χ4n) is 2.08. The van der Waals surface area contributed by atoms with Gasteiger partial charge in [0.1, 0.15) is 0 Å². The van der Waals surface area contributed by atoms with Crippen LogP contribution in [-0.2, 0) is 10.4 Å². The molecular formula is C16H37NO4S. The Morgan fingerprint density at radius 2 is 1.09 bits per heavy atom. The normalized spacial score (nSPS) is 11.9. The molecule has 0 aromatic heterocycles. The second-order valence-electron chi connectivity index (χ2n) is 6.81. The summed E-state index contributed by atoms with van der Waals surface area (Å²) in [5, 5.41) is 3.55. The van der Waals surface area contributed by atoms with Gasteiger partial charge >= 0.3 is 10.4 Å². The molecule has 5 nitrogen and oxygen atoms in total. The fourth-order valence-corrected chi connectivity index (χ4v) is 2.08. The maximum Gasteiger partial charge on any atom is 0.394 e. The zero-order chi connectivity index (χ0) is 17.5. The van der Waals surface area contributed by atoms with Gasteiger partial charge in [-0.1, -0.05) is 64.7 Å². The quantitative estimate of drug-likeness (QED) is 0.377. The van der Waals surface area contributed by atoms with Crippen molar-refractivity contribution in [3.05, 3.63) is 0 Å². The predicted molar refractivity (Wildman–Crippen MR) is 93.8 cm³/mol. The van der Waals surface area contributed by atoms with E-state index in [9.17, 15) is 0 Å². The van der Waals surface area contributed by atoms with Crippen molar-refractivity contribution in [1.29, 1.82) is 0 Å². The molecular weight excluding hydrogens is 302 g/mol. The Morgan fingerprint density at radius 3 is 1.41 bits per heavy atom. The Balaban J connectivity index is 0. The number of rotatable bonds is 11. The van der Waals surface area contributed by atoms with E-state index < -0.39 is 10.4 Å². The summed E-state index contributed by atoms with van der Waals surface area (Å²) < 4.78 is 31.6. The molecule has 0 aromatic carbocycles. The summed E-state index contributed by atoms with van der Waals surface area (Å²) in [5.41, 5.74) is 0.291. The summed E-state index contributed by atoms with van der Waals surface area (Å²) in [6.45, 7) is 10.2. The zero-order valence-electron chi connectivity index (χ0n) is 14.9. The van der Waals surface area contributed by atoms with E-state index >= 15 is 0 Å². The van der Waals surface area contributed by atoms with Crippen LogP contribution in [0.4, 0.5) is 0 Å². The van der Waals surface area contributed by atoms with Crippen molar-refractivity contribution >= 4 is 10.4 Å². The molecule has 0 bridgehead atoms. The maximum absolute atomic E-state index is 8.74. The van der Waals surface area contributed by atoms with Crippen molar-refractivity contribution in [1.82, 2.24) is 5.32 Å². The summed E-state index contributed by atoms with van der Waals surface area (Å²) in [4.78, 5) is 0. The molecule has 136 valence electrons. The first kappa shape index (κ1) is 24.1. The Hall–Kier alpha value is -0.170. The monoisotopic (exact) mass is 339 g/mol. The van der Waals surface area contributed by atoms with Gasteiger partial charge in [-0.05, 0) is 33.7 Å². The van der Waals surface area contributed by atoms with Crippen molar-refractivity contribution < 1.29 is 17.5 Å². The molecule has 0 spiro atoms. The molecule has 0 unspecified atom stereocenters. The Labute approximate surface area is 137 Å². The van der Waals surface area contributed by atoms with Crippen LogP contribution in [0.25, 0.3) is 0 Å². The van der Waals surface area contributed by atoms with Gasteiger partial charge in [-0.2, -0.15) is 8.42 Å². The lowest BCUT2D eigenvalue weighted by Crippen LogP contribution is -2.36. The summed E-state index contributed by atoms with van der Waals surface area (Å²) in [5.74, 6) is 0. The molecule has 0 rings (SSSR count). The van der Waals surface area contributed by atoms with Crippen molar-refractivity contribution in [3.63, 3.8) is 0 Å². The van der Waals surface area contributed by atoms with Gasteiger partial charge in [0, 0.05) is 5.54 Å². The Bertz CT molecular complexity index is 316. The van der Waals surface area contributed by atoms with Crippen molar-refractivity contribution in [2.45, 2.75) is 97.4 Å². The van der Waals surface area contributed by atoms with Crippen LogP contribution in [0.5, 0.6) is 0 Å². The maximum atomic E-state index is 8.74. The highest BCUT2D eigenvalue weighted by Gasteiger charge is 2.06. The highest BCUT2D eigenvalue weighted by molar-refractivity contribution is 7.79. The molecule has 0 aliphatic carbocycles. The van der Waals surface area contributed by atoms with Gasteiger partial charge in [-0.15, -0.1) is 0 Å². The number of hydrogen-bond acceptors (Lipinski definition) is 3. The van der Waals surface area contributed by atoms with Gasteiger partial charge in [-0.25, -0.2) is 0 Å². The molecule has 0 aliphatic rings. The highest BCUT2D eigenvalue weighted by atomic mass is 32.3. The molecule has 0 heterocycles. The molecule has 6 heteroatoms. The standard InChI is InChI=1S/C16H35N.H2O4S/c1-5-6-7-8-9-10-11-12-13-14-15-17-16(2,3)4;1-5(2,3)4/h17H,5-15H2,1-4H3;(H2,1,2,3,4). The van der Waals surface area contributed by atoms with Crippen LogP contribution in [0, 0.1) is 0 Å². The molecule has 0 radical (unpaired) electrons. The predicted octanol–water partition coefficient (Wildman–Crippen LogP) is 4.64. The summed E-state index contributed by atoms with van der Waals surface area (Å²) in [6, 6.07) is 0. The van der Waals surface area contributed by atoms with E-state index in [1.54, 1.807) is 0 Å². The van der Waals surface area contributed by atoms with E-state index in [0.29, 0.717) is 5.54 Å². The van der Waals surface area contributed by atoms with Crippen LogP contribution in [0.1, 0.15) is 91.9 Å². The van der Waals surface area contributed by atoms with Gasteiger partial charge in [0.2, 0.25) is 0 Å². The molecule has 0 saturated carbocycles. The first-order valence-corrected chi connectivity index (χ1v) is 9.91. The van der Waals surface area contributed by atoms with Crippen LogP contribution in [-0.4, -0.2) is 29.6 Å². The molecule has 0 aliphatic heterocycles. The van der Waals surface area contributed by atoms with E-state index in [-0.39, 0.29) is 0 Å². The van der Waals surface area contributed by atoms with Gasteiger partial charge < -0.3 is 5.32 Å². The second kappa shape index (κ2) is 14.4. The second-order valence-corrected chi connectivity index (χ2v) is 7.70. The van der Waals surface area contributed by atoms with E-state index in [1.807, 2.05) is 0 Å². The number of nitrogens with one attached hydrogen (secondary N) is 1. The lowest BCUT2D eigenvalue weighted by atomic mass is 10.1. The first-order chi connectivity index (χ1) is 10.1. The van der Waals surface area contributed by atoms with E-state index in [0.717, 1.165) is 0 Å². The zero-order valence-corrected chi connectivity index (χ0v) is 15.7. The van der Waals surface area contributed by atoms with E-state index in [2.05, 4.69) is 33.0 Å². The van der Waals surface area contributed by atoms with Crippen LogP contribution in [0.2, 0.25) is 0 Å². The van der Waals surface area contributed by atoms with E-state index in [4.69, 9.17) is 17.5 Å². The minimum absolute atomic E-state index is 0.291. The van der Waals surface area contributed by atoms with Crippen LogP contribution < -0.4 is 5.32 Å². The molecule has 3 N–H and O–H groups in total. The third kappa shape index (κ3) is 36.8. The minimum Gasteiger partial charge on any atom is -0.312 e. The average Bonchev–Trinajstić information content (AvgIpc) is 2.32. The largest absolute Gasteiger partial charge is 0.394 e. The number of hydrogen-bond donors (Lipinski definition) is 3. The lowest BCUT2D eigenvalue weighted by molar-refractivity contribution is 0.381. The number of unbranched alkanes of at least 4 members (excludes halogenated alkanes) is 9. The lowest BCUT2D eigenvalue weighted by Gasteiger charge is -2.20. The Morgan fingerprint density at radius 1 is 0.773 bits per heavy atom.